The van der Waals surface area contributed by atoms with E-state index in [1.807, 2.05) is 31.2 Å². The van der Waals surface area contributed by atoms with E-state index in [4.69, 9.17) is 19.3 Å². The number of hydrogen-bond acceptors (Lipinski definition) is 7. The maximum Gasteiger partial charge on any atom is 0.241 e. The molecular weight excluding hydrogens is 420 g/mol. The second-order valence-corrected chi connectivity index (χ2v) is 7.43. The van der Waals surface area contributed by atoms with Crippen molar-refractivity contribution >= 4 is 22.4 Å². The molecule has 0 saturated carbocycles. The SMILES string of the molecule is CCOc1ccccc1OCCNCC(O)c1ccc(OC)c(S(N)(=O)=O)c1.Cl. The summed E-state index contributed by atoms with van der Waals surface area (Å²) in [5.74, 6) is 1.46. The fourth-order valence-electron chi connectivity index (χ4n) is 2.56. The van der Waals surface area contributed by atoms with Gasteiger partial charge in [0, 0.05) is 13.1 Å². The molecular formula is C19H27ClN2O6S. The van der Waals surface area contributed by atoms with Gasteiger partial charge in [-0.3, -0.25) is 0 Å². The van der Waals surface area contributed by atoms with Gasteiger partial charge in [0.1, 0.15) is 17.3 Å². The van der Waals surface area contributed by atoms with Crippen LogP contribution >= 0.6 is 12.4 Å². The number of ether oxygens (including phenoxy) is 3. The molecule has 2 aromatic rings. The van der Waals surface area contributed by atoms with Gasteiger partial charge in [-0.1, -0.05) is 18.2 Å². The molecule has 10 heteroatoms. The van der Waals surface area contributed by atoms with Crippen molar-refractivity contribution in [3.8, 4) is 17.2 Å². The Morgan fingerprint density at radius 2 is 1.76 bits per heavy atom. The van der Waals surface area contributed by atoms with E-state index in [2.05, 4.69) is 5.32 Å². The lowest BCUT2D eigenvalue weighted by atomic mass is 10.1. The maximum absolute atomic E-state index is 11.7. The van der Waals surface area contributed by atoms with Crippen LogP contribution in [0.3, 0.4) is 0 Å². The molecule has 0 bridgehead atoms. The summed E-state index contributed by atoms with van der Waals surface area (Å²) in [6, 6.07) is 11.8. The Morgan fingerprint density at radius 1 is 1.10 bits per heavy atom. The van der Waals surface area contributed by atoms with Gasteiger partial charge in [0.25, 0.3) is 0 Å². The molecule has 162 valence electrons. The highest BCUT2D eigenvalue weighted by Crippen LogP contribution is 2.27. The van der Waals surface area contributed by atoms with Crippen LogP contribution in [0.25, 0.3) is 0 Å². The maximum atomic E-state index is 11.7. The van der Waals surface area contributed by atoms with Gasteiger partial charge >= 0.3 is 0 Å². The summed E-state index contributed by atoms with van der Waals surface area (Å²) < 4.78 is 39.5. The summed E-state index contributed by atoms with van der Waals surface area (Å²) in [5, 5.41) is 18.6. The van der Waals surface area contributed by atoms with Crippen molar-refractivity contribution < 1.29 is 27.7 Å². The van der Waals surface area contributed by atoms with E-state index in [1.54, 1.807) is 6.07 Å². The largest absolute Gasteiger partial charge is 0.495 e. The molecule has 0 saturated heterocycles. The summed E-state index contributed by atoms with van der Waals surface area (Å²) in [5.41, 5.74) is 0.417. The Balaban J connectivity index is 0.00000420. The number of benzene rings is 2. The number of rotatable bonds is 11. The quantitative estimate of drug-likeness (QED) is 0.450. The Hall–Kier alpha value is -2.04. The van der Waals surface area contributed by atoms with Crippen LogP contribution in [-0.4, -0.2) is 46.9 Å². The Kier molecular flexibility index (Phi) is 10.2. The third kappa shape index (κ3) is 7.37. The number of sulfonamides is 1. The van der Waals surface area contributed by atoms with E-state index in [0.29, 0.717) is 36.8 Å². The van der Waals surface area contributed by atoms with Crippen LogP contribution < -0.4 is 24.7 Å². The minimum absolute atomic E-state index is 0. The number of hydrogen-bond donors (Lipinski definition) is 3. The van der Waals surface area contributed by atoms with E-state index in [9.17, 15) is 13.5 Å². The van der Waals surface area contributed by atoms with Crippen molar-refractivity contribution in [3.63, 3.8) is 0 Å². The molecule has 0 spiro atoms. The Bertz CT molecular complexity index is 879. The monoisotopic (exact) mass is 446 g/mol. The first kappa shape index (κ1) is 25.0. The van der Waals surface area contributed by atoms with Gasteiger partial charge in [-0.25, -0.2) is 13.6 Å². The van der Waals surface area contributed by atoms with E-state index in [1.165, 1.54) is 19.2 Å². The van der Waals surface area contributed by atoms with Crippen LogP contribution in [-0.2, 0) is 10.0 Å². The number of aliphatic hydroxyl groups is 1. The minimum Gasteiger partial charge on any atom is -0.495 e. The van der Waals surface area contributed by atoms with E-state index < -0.39 is 16.1 Å². The highest BCUT2D eigenvalue weighted by Gasteiger charge is 2.18. The number of primary sulfonamides is 1. The van der Waals surface area contributed by atoms with E-state index in [-0.39, 0.29) is 29.6 Å². The third-order valence-corrected chi connectivity index (χ3v) is 4.83. The lowest BCUT2D eigenvalue weighted by molar-refractivity contribution is 0.171. The number of nitrogens with one attached hydrogen (secondary N) is 1. The van der Waals surface area contributed by atoms with Gasteiger partial charge < -0.3 is 24.6 Å². The molecule has 0 heterocycles. The zero-order valence-electron chi connectivity index (χ0n) is 16.3. The van der Waals surface area contributed by atoms with Gasteiger partial charge in [0.2, 0.25) is 10.0 Å². The molecule has 1 atom stereocenters. The molecule has 0 aliphatic heterocycles. The molecule has 0 aromatic heterocycles. The standard InChI is InChI=1S/C19H26N2O6S.ClH/c1-3-26-16-6-4-5-7-17(16)27-11-10-21-13-15(22)14-8-9-18(25-2)19(12-14)28(20,23)24;/h4-9,12,15,21-22H,3,10-11,13H2,1-2H3,(H2,20,23,24);1H. The Morgan fingerprint density at radius 3 is 2.34 bits per heavy atom. The highest BCUT2D eigenvalue weighted by molar-refractivity contribution is 7.89. The average Bonchev–Trinajstić information content (AvgIpc) is 2.67. The number of halogens is 1. The van der Waals surface area contributed by atoms with Crippen LogP contribution in [0.5, 0.6) is 17.2 Å². The van der Waals surface area contributed by atoms with Crippen molar-refractivity contribution in [2.45, 2.75) is 17.9 Å². The third-order valence-electron chi connectivity index (χ3n) is 3.90. The second-order valence-electron chi connectivity index (χ2n) is 5.90. The molecule has 0 fully saturated rings. The summed E-state index contributed by atoms with van der Waals surface area (Å²) >= 11 is 0. The van der Waals surface area contributed by atoms with Crippen molar-refractivity contribution in [3.05, 3.63) is 48.0 Å². The molecule has 0 radical (unpaired) electrons. The number of aliphatic hydroxyl groups excluding tert-OH is 1. The molecule has 0 aliphatic carbocycles. The summed E-state index contributed by atoms with van der Waals surface area (Å²) in [7, 11) is -2.61. The zero-order chi connectivity index (χ0) is 20.6. The van der Waals surface area contributed by atoms with E-state index >= 15 is 0 Å². The Labute approximate surface area is 177 Å². The van der Waals surface area contributed by atoms with Crippen LogP contribution in [0, 0.1) is 0 Å². The smallest absolute Gasteiger partial charge is 0.241 e. The lowest BCUT2D eigenvalue weighted by Gasteiger charge is -2.15. The first-order valence-electron chi connectivity index (χ1n) is 8.81. The van der Waals surface area contributed by atoms with Gasteiger partial charge in [-0.05, 0) is 36.8 Å². The van der Waals surface area contributed by atoms with Crippen LogP contribution in [0.1, 0.15) is 18.6 Å². The number of methoxy groups -OCH3 is 1. The molecule has 2 aromatic carbocycles. The first-order valence-corrected chi connectivity index (χ1v) is 10.4. The molecule has 0 amide bonds. The normalized spacial score (nSPS) is 12.0. The van der Waals surface area contributed by atoms with Crippen molar-refractivity contribution in [1.29, 1.82) is 0 Å². The second kappa shape index (κ2) is 11.8. The summed E-state index contributed by atoms with van der Waals surface area (Å²) in [4.78, 5) is -0.164. The zero-order valence-corrected chi connectivity index (χ0v) is 18.0. The summed E-state index contributed by atoms with van der Waals surface area (Å²) in [6.07, 6.45) is -0.915. The molecule has 29 heavy (non-hydrogen) atoms. The highest BCUT2D eigenvalue weighted by atomic mass is 35.5. The molecule has 8 nitrogen and oxygen atoms in total. The summed E-state index contributed by atoms with van der Waals surface area (Å²) in [6.45, 7) is 3.53. The topological polar surface area (TPSA) is 120 Å². The van der Waals surface area contributed by atoms with Crippen LogP contribution in [0.4, 0.5) is 0 Å². The van der Waals surface area contributed by atoms with E-state index in [0.717, 1.165) is 0 Å². The number of nitrogens with two attached hydrogens (primary N) is 1. The predicted molar refractivity (Wildman–Crippen MR) is 113 cm³/mol. The molecule has 2 rings (SSSR count). The lowest BCUT2D eigenvalue weighted by Crippen LogP contribution is -2.26. The van der Waals surface area contributed by atoms with Gasteiger partial charge in [-0.2, -0.15) is 0 Å². The average molecular weight is 447 g/mol. The fourth-order valence-corrected chi connectivity index (χ4v) is 3.29. The van der Waals surface area contributed by atoms with Crippen molar-refractivity contribution in [2.24, 2.45) is 5.14 Å². The van der Waals surface area contributed by atoms with Gasteiger partial charge in [-0.15, -0.1) is 12.4 Å². The molecule has 1 unspecified atom stereocenters. The fraction of sp³-hybridized carbons (Fsp3) is 0.368. The minimum atomic E-state index is -3.96. The first-order chi connectivity index (χ1) is 13.4. The molecule has 0 aliphatic rings. The number of para-hydroxylation sites is 2. The van der Waals surface area contributed by atoms with Gasteiger partial charge in [0.05, 0.1) is 19.8 Å². The van der Waals surface area contributed by atoms with Crippen molar-refractivity contribution in [1.82, 2.24) is 5.32 Å². The van der Waals surface area contributed by atoms with Crippen LogP contribution in [0.2, 0.25) is 0 Å². The van der Waals surface area contributed by atoms with Crippen LogP contribution in [0.15, 0.2) is 47.4 Å². The van der Waals surface area contributed by atoms with Gasteiger partial charge in [0.15, 0.2) is 11.5 Å². The predicted octanol–water partition coefficient (Wildman–Crippen LogP) is 1.87. The molecule has 4 N–H and O–H groups in total. The van der Waals surface area contributed by atoms with Crippen molar-refractivity contribution in [2.75, 3.05) is 33.4 Å².